The number of hydrogen-bond donors (Lipinski definition) is 0. The molecule has 2 aromatic rings. The number of amides is 1. The SMILES string of the molecule is CCc1ccc(CN(C)C(=O)c2cccc(C)c2F)cc1. The molecule has 2 aromatic carbocycles. The molecule has 110 valence electrons. The summed E-state index contributed by atoms with van der Waals surface area (Å²) in [6, 6.07) is 13.0. The van der Waals surface area contributed by atoms with Gasteiger partial charge in [-0.3, -0.25) is 4.79 Å². The van der Waals surface area contributed by atoms with Crippen molar-refractivity contribution >= 4 is 5.91 Å². The molecule has 0 bridgehead atoms. The lowest BCUT2D eigenvalue weighted by Gasteiger charge is -2.18. The molecule has 21 heavy (non-hydrogen) atoms. The monoisotopic (exact) mass is 285 g/mol. The lowest BCUT2D eigenvalue weighted by molar-refractivity contribution is 0.0780. The van der Waals surface area contributed by atoms with Gasteiger partial charge in [-0.05, 0) is 36.1 Å². The van der Waals surface area contributed by atoms with E-state index >= 15 is 0 Å². The van der Waals surface area contributed by atoms with Crippen molar-refractivity contribution in [2.45, 2.75) is 26.8 Å². The molecule has 0 aromatic heterocycles. The number of aryl methyl sites for hydroxylation is 2. The predicted molar refractivity (Wildman–Crippen MR) is 82.8 cm³/mol. The molecular weight excluding hydrogens is 265 g/mol. The van der Waals surface area contributed by atoms with Crippen molar-refractivity contribution in [1.29, 1.82) is 0 Å². The van der Waals surface area contributed by atoms with Crippen molar-refractivity contribution in [3.63, 3.8) is 0 Å². The van der Waals surface area contributed by atoms with E-state index in [1.54, 1.807) is 31.0 Å². The van der Waals surface area contributed by atoms with Crippen molar-refractivity contribution in [3.05, 3.63) is 70.5 Å². The summed E-state index contributed by atoms with van der Waals surface area (Å²) in [6.45, 7) is 4.23. The van der Waals surface area contributed by atoms with Crippen molar-refractivity contribution in [2.75, 3.05) is 7.05 Å². The van der Waals surface area contributed by atoms with Gasteiger partial charge in [0.1, 0.15) is 5.82 Å². The van der Waals surface area contributed by atoms with Gasteiger partial charge in [0.15, 0.2) is 0 Å². The third-order valence-corrected chi connectivity index (χ3v) is 3.62. The number of rotatable bonds is 4. The van der Waals surface area contributed by atoms with E-state index in [0.29, 0.717) is 12.1 Å². The Morgan fingerprint density at radius 3 is 2.33 bits per heavy atom. The van der Waals surface area contributed by atoms with Crippen molar-refractivity contribution in [3.8, 4) is 0 Å². The Morgan fingerprint density at radius 1 is 1.10 bits per heavy atom. The maximum absolute atomic E-state index is 14.0. The highest BCUT2D eigenvalue weighted by atomic mass is 19.1. The third kappa shape index (κ3) is 3.48. The van der Waals surface area contributed by atoms with Crippen LogP contribution in [0.25, 0.3) is 0 Å². The van der Waals surface area contributed by atoms with Gasteiger partial charge < -0.3 is 4.90 Å². The van der Waals surface area contributed by atoms with Crippen LogP contribution in [0.15, 0.2) is 42.5 Å². The summed E-state index contributed by atoms with van der Waals surface area (Å²) in [5.74, 6) is -0.730. The molecule has 1 amide bonds. The van der Waals surface area contributed by atoms with Crippen LogP contribution in [0.3, 0.4) is 0 Å². The van der Waals surface area contributed by atoms with E-state index in [2.05, 4.69) is 19.1 Å². The zero-order chi connectivity index (χ0) is 15.4. The van der Waals surface area contributed by atoms with E-state index in [4.69, 9.17) is 0 Å². The molecule has 0 radical (unpaired) electrons. The summed E-state index contributed by atoms with van der Waals surface area (Å²) in [7, 11) is 1.69. The van der Waals surface area contributed by atoms with E-state index in [-0.39, 0.29) is 11.5 Å². The van der Waals surface area contributed by atoms with Crippen LogP contribution < -0.4 is 0 Å². The number of halogens is 1. The fourth-order valence-corrected chi connectivity index (χ4v) is 2.24. The quantitative estimate of drug-likeness (QED) is 0.832. The molecule has 0 spiro atoms. The van der Waals surface area contributed by atoms with Crippen LogP contribution in [0.2, 0.25) is 0 Å². The van der Waals surface area contributed by atoms with Crippen molar-refractivity contribution < 1.29 is 9.18 Å². The highest BCUT2D eigenvalue weighted by Gasteiger charge is 2.17. The first-order chi connectivity index (χ1) is 10.0. The van der Waals surface area contributed by atoms with Gasteiger partial charge in [-0.15, -0.1) is 0 Å². The number of nitrogens with zero attached hydrogens (tertiary/aromatic N) is 1. The minimum absolute atomic E-state index is 0.127. The molecule has 0 aliphatic carbocycles. The van der Waals surface area contributed by atoms with Gasteiger partial charge in [0.2, 0.25) is 0 Å². The van der Waals surface area contributed by atoms with E-state index in [9.17, 15) is 9.18 Å². The number of hydrogen-bond acceptors (Lipinski definition) is 1. The van der Waals surface area contributed by atoms with E-state index in [1.807, 2.05) is 12.1 Å². The van der Waals surface area contributed by atoms with Crippen molar-refractivity contribution in [1.82, 2.24) is 4.90 Å². The Balaban J connectivity index is 2.13. The molecule has 0 heterocycles. The van der Waals surface area contributed by atoms with Crippen LogP contribution in [-0.2, 0) is 13.0 Å². The second kappa shape index (κ2) is 6.53. The van der Waals surface area contributed by atoms with Crippen LogP contribution in [0.1, 0.15) is 34.0 Å². The van der Waals surface area contributed by atoms with E-state index in [0.717, 1.165) is 12.0 Å². The van der Waals surface area contributed by atoms with Crippen LogP contribution in [0.5, 0.6) is 0 Å². The van der Waals surface area contributed by atoms with Gasteiger partial charge in [0.05, 0.1) is 5.56 Å². The van der Waals surface area contributed by atoms with Crippen LogP contribution in [0.4, 0.5) is 4.39 Å². The molecule has 0 fully saturated rings. The number of carbonyl (C=O) groups excluding carboxylic acids is 1. The fourth-order valence-electron chi connectivity index (χ4n) is 2.24. The molecule has 0 aliphatic rings. The second-order valence-corrected chi connectivity index (χ2v) is 5.27. The third-order valence-electron chi connectivity index (χ3n) is 3.62. The lowest BCUT2D eigenvalue weighted by Crippen LogP contribution is -2.27. The molecule has 0 saturated carbocycles. The maximum Gasteiger partial charge on any atom is 0.256 e. The molecule has 2 nitrogen and oxygen atoms in total. The van der Waals surface area contributed by atoms with E-state index in [1.165, 1.54) is 11.6 Å². The summed E-state index contributed by atoms with van der Waals surface area (Å²) in [6.07, 6.45) is 0.990. The van der Waals surface area contributed by atoms with Crippen LogP contribution in [0, 0.1) is 12.7 Å². The van der Waals surface area contributed by atoms with E-state index < -0.39 is 5.82 Å². The fraction of sp³-hybridized carbons (Fsp3) is 0.278. The molecule has 0 aliphatic heterocycles. The smallest absolute Gasteiger partial charge is 0.256 e. The molecule has 2 rings (SSSR count). The Labute approximate surface area is 125 Å². The summed E-state index contributed by atoms with van der Waals surface area (Å²) >= 11 is 0. The Bertz CT molecular complexity index is 634. The zero-order valence-corrected chi connectivity index (χ0v) is 12.7. The zero-order valence-electron chi connectivity index (χ0n) is 12.7. The average Bonchev–Trinajstić information content (AvgIpc) is 2.50. The second-order valence-electron chi connectivity index (χ2n) is 5.27. The standard InChI is InChI=1S/C18H20FNO/c1-4-14-8-10-15(11-9-14)12-20(3)18(21)16-7-5-6-13(2)17(16)19/h5-11H,4,12H2,1-3H3. The Kier molecular flexibility index (Phi) is 4.73. The molecule has 0 unspecified atom stereocenters. The average molecular weight is 285 g/mol. The largest absolute Gasteiger partial charge is 0.337 e. The first-order valence-corrected chi connectivity index (χ1v) is 7.11. The van der Waals surface area contributed by atoms with Crippen LogP contribution in [-0.4, -0.2) is 17.9 Å². The maximum atomic E-state index is 14.0. The summed E-state index contributed by atoms with van der Waals surface area (Å²) < 4.78 is 14.0. The highest BCUT2D eigenvalue weighted by Crippen LogP contribution is 2.15. The van der Waals surface area contributed by atoms with Gasteiger partial charge in [-0.1, -0.05) is 43.3 Å². The molecular formula is C18H20FNO. The van der Waals surface area contributed by atoms with Gasteiger partial charge in [-0.2, -0.15) is 0 Å². The first kappa shape index (κ1) is 15.2. The highest BCUT2D eigenvalue weighted by molar-refractivity contribution is 5.94. The van der Waals surface area contributed by atoms with Crippen molar-refractivity contribution in [2.24, 2.45) is 0 Å². The molecule has 0 atom stereocenters. The topological polar surface area (TPSA) is 20.3 Å². The molecule has 3 heteroatoms. The molecule has 0 N–H and O–H groups in total. The Morgan fingerprint density at radius 2 is 1.71 bits per heavy atom. The number of carbonyl (C=O) groups is 1. The predicted octanol–water partition coefficient (Wildman–Crippen LogP) is 3.97. The normalized spacial score (nSPS) is 10.5. The minimum atomic E-state index is -0.435. The Hall–Kier alpha value is -2.16. The summed E-state index contributed by atoms with van der Waals surface area (Å²) in [4.78, 5) is 13.9. The lowest BCUT2D eigenvalue weighted by atomic mass is 10.1. The van der Waals surface area contributed by atoms with Gasteiger partial charge >= 0.3 is 0 Å². The van der Waals surface area contributed by atoms with Gasteiger partial charge in [0.25, 0.3) is 5.91 Å². The molecule has 0 saturated heterocycles. The van der Waals surface area contributed by atoms with Gasteiger partial charge in [-0.25, -0.2) is 4.39 Å². The minimum Gasteiger partial charge on any atom is -0.337 e. The van der Waals surface area contributed by atoms with Crippen LogP contribution >= 0.6 is 0 Å². The number of benzene rings is 2. The summed E-state index contributed by atoms with van der Waals surface area (Å²) in [5.41, 5.74) is 2.91. The first-order valence-electron chi connectivity index (χ1n) is 7.11. The summed E-state index contributed by atoms with van der Waals surface area (Å²) in [5, 5.41) is 0. The van der Waals surface area contributed by atoms with Gasteiger partial charge in [0, 0.05) is 13.6 Å².